The molecule has 0 fully saturated rings. The van der Waals surface area contributed by atoms with E-state index in [2.05, 4.69) is 122 Å². The lowest BCUT2D eigenvalue weighted by atomic mass is 10.1. The van der Waals surface area contributed by atoms with Crippen LogP contribution in [0, 0.1) is 0 Å². The molecule has 0 spiro atoms. The fourth-order valence-electron chi connectivity index (χ4n) is 5.30. The van der Waals surface area contributed by atoms with Crippen LogP contribution in [0.15, 0.2) is 114 Å². The predicted octanol–water partition coefficient (Wildman–Crippen LogP) is 9.30. The number of hydrogen-bond donors (Lipinski definition) is 0. The van der Waals surface area contributed by atoms with Gasteiger partial charge >= 0.3 is 0 Å². The smallest absolute Gasteiger partial charge is 0.0641 e. The van der Waals surface area contributed by atoms with Crippen LogP contribution < -0.4 is 0 Å². The van der Waals surface area contributed by atoms with Crippen molar-refractivity contribution in [3.05, 3.63) is 119 Å². The van der Waals surface area contributed by atoms with E-state index in [-0.39, 0.29) is 0 Å². The molecule has 0 aliphatic heterocycles. The minimum Gasteiger partial charge on any atom is -0.309 e. The standard InChI is InChI=1S/C30H18BrClN2/c31-19-16-20(32)18-22(17-19)33-27-13-7-5-11-25(27)29-28(33)15-14-24-23-10-4-6-12-26(23)34(30(24)29)21-8-2-1-3-9-21/h1-18H. The molecular formula is C30H18BrClN2. The van der Waals surface area contributed by atoms with E-state index in [4.69, 9.17) is 11.6 Å². The molecule has 0 radical (unpaired) electrons. The lowest BCUT2D eigenvalue weighted by Crippen LogP contribution is -1.95. The van der Waals surface area contributed by atoms with Crippen molar-refractivity contribution in [3.63, 3.8) is 0 Å². The van der Waals surface area contributed by atoms with E-state index in [9.17, 15) is 0 Å². The third-order valence-corrected chi connectivity index (χ3v) is 7.27. The average Bonchev–Trinajstić information content (AvgIpc) is 3.37. The molecule has 2 nitrogen and oxygen atoms in total. The van der Waals surface area contributed by atoms with Gasteiger partial charge < -0.3 is 9.13 Å². The summed E-state index contributed by atoms with van der Waals surface area (Å²) in [6.45, 7) is 0. The molecule has 0 N–H and O–H groups in total. The largest absolute Gasteiger partial charge is 0.309 e. The van der Waals surface area contributed by atoms with Crippen molar-refractivity contribution in [1.29, 1.82) is 0 Å². The molecule has 34 heavy (non-hydrogen) atoms. The molecule has 5 aromatic carbocycles. The van der Waals surface area contributed by atoms with Crippen LogP contribution in [0.1, 0.15) is 0 Å². The SMILES string of the molecule is Clc1cc(Br)cc(-n2c3ccccc3c3c2ccc2c4ccccc4n(-c4ccccc4)c23)c1. The molecule has 0 bridgehead atoms. The molecule has 0 atom stereocenters. The van der Waals surface area contributed by atoms with Crippen molar-refractivity contribution in [2.45, 2.75) is 0 Å². The Morgan fingerprint density at radius 2 is 1.21 bits per heavy atom. The maximum Gasteiger partial charge on any atom is 0.0641 e. The quantitative estimate of drug-likeness (QED) is 0.214. The molecule has 7 aromatic rings. The minimum absolute atomic E-state index is 0.704. The maximum atomic E-state index is 6.48. The summed E-state index contributed by atoms with van der Waals surface area (Å²) in [6.07, 6.45) is 0. The summed E-state index contributed by atoms with van der Waals surface area (Å²) in [6, 6.07) is 38.5. The van der Waals surface area contributed by atoms with Gasteiger partial charge in [-0.3, -0.25) is 0 Å². The molecule has 4 heteroatoms. The number of aromatic nitrogens is 2. The Hall–Kier alpha value is -3.53. The summed E-state index contributed by atoms with van der Waals surface area (Å²) in [4.78, 5) is 0. The first-order chi connectivity index (χ1) is 16.7. The number of hydrogen-bond acceptors (Lipinski definition) is 0. The Morgan fingerprint density at radius 1 is 0.529 bits per heavy atom. The fourth-order valence-corrected chi connectivity index (χ4v) is 6.14. The summed E-state index contributed by atoms with van der Waals surface area (Å²) in [5.74, 6) is 0. The number of nitrogens with zero attached hydrogens (tertiary/aromatic N) is 2. The van der Waals surface area contributed by atoms with E-state index in [0.717, 1.165) is 26.9 Å². The third kappa shape index (κ3) is 2.81. The van der Waals surface area contributed by atoms with Crippen molar-refractivity contribution in [3.8, 4) is 11.4 Å². The van der Waals surface area contributed by atoms with Gasteiger partial charge in [-0.2, -0.15) is 0 Å². The van der Waals surface area contributed by atoms with Crippen LogP contribution in [0.2, 0.25) is 5.02 Å². The van der Waals surface area contributed by atoms with Gasteiger partial charge in [-0.15, -0.1) is 0 Å². The van der Waals surface area contributed by atoms with Crippen molar-refractivity contribution in [1.82, 2.24) is 9.13 Å². The van der Waals surface area contributed by atoms with Crippen molar-refractivity contribution in [2.24, 2.45) is 0 Å². The van der Waals surface area contributed by atoms with Crippen molar-refractivity contribution < 1.29 is 0 Å². The van der Waals surface area contributed by atoms with Crippen LogP contribution in [-0.4, -0.2) is 9.13 Å². The highest BCUT2D eigenvalue weighted by molar-refractivity contribution is 9.10. The molecule has 0 amide bonds. The summed E-state index contributed by atoms with van der Waals surface area (Å²) in [5.41, 5.74) is 6.93. The van der Waals surface area contributed by atoms with Crippen LogP contribution in [0.5, 0.6) is 0 Å². The molecule has 0 aliphatic carbocycles. The number of rotatable bonds is 2. The van der Waals surface area contributed by atoms with Gasteiger partial charge in [-0.05, 0) is 48.5 Å². The summed E-state index contributed by atoms with van der Waals surface area (Å²) in [5, 5.41) is 5.67. The predicted molar refractivity (Wildman–Crippen MR) is 148 cm³/mol. The van der Waals surface area contributed by atoms with Crippen molar-refractivity contribution in [2.75, 3.05) is 0 Å². The van der Waals surface area contributed by atoms with Gasteiger partial charge in [0.05, 0.1) is 22.1 Å². The van der Waals surface area contributed by atoms with Gasteiger partial charge in [-0.1, -0.05) is 88.2 Å². The Kier molecular flexibility index (Phi) is 4.38. The van der Waals surface area contributed by atoms with E-state index in [1.807, 2.05) is 12.1 Å². The molecule has 0 saturated heterocycles. The first kappa shape index (κ1) is 19.9. The maximum absolute atomic E-state index is 6.48. The summed E-state index contributed by atoms with van der Waals surface area (Å²) in [7, 11) is 0. The van der Waals surface area contributed by atoms with Crippen LogP contribution in [-0.2, 0) is 0 Å². The number of para-hydroxylation sites is 3. The van der Waals surface area contributed by atoms with E-state index in [1.54, 1.807) is 0 Å². The van der Waals surface area contributed by atoms with Gasteiger partial charge in [0.1, 0.15) is 0 Å². The second-order valence-electron chi connectivity index (χ2n) is 8.52. The zero-order valence-electron chi connectivity index (χ0n) is 18.0. The zero-order valence-corrected chi connectivity index (χ0v) is 20.4. The van der Waals surface area contributed by atoms with E-state index in [1.165, 1.54) is 32.6 Å². The van der Waals surface area contributed by atoms with Gasteiger partial charge in [0.15, 0.2) is 0 Å². The Morgan fingerprint density at radius 3 is 1.97 bits per heavy atom. The number of benzene rings is 5. The molecule has 7 rings (SSSR count). The van der Waals surface area contributed by atoms with E-state index >= 15 is 0 Å². The topological polar surface area (TPSA) is 9.86 Å². The van der Waals surface area contributed by atoms with Crippen LogP contribution in [0.3, 0.4) is 0 Å². The average molecular weight is 522 g/mol. The normalized spacial score (nSPS) is 11.8. The molecule has 0 aliphatic rings. The van der Waals surface area contributed by atoms with E-state index < -0.39 is 0 Å². The highest BCUT2D eigenvalue weighted by atomic mass is 79.9. The molecule has 2 aromatic heterocycles. The van der Waals surface area contributed by atoms with Gasteiger partial charge in [0, 0.05) is 42.4 Å². The molecular weight excluding hydrogens is 504 g/mol. The van der Waals surface area contributed by atoms with Crippen LogP contribution in [0.25, 0.3) is 55.0 Å². The summed E-state index contributed by atoms with van der Waals surface area (Å²) < 4.78 is 5.67. The summed E-state index contributed by atoms with van der Waals surface area (Å²) >= 11 is 10.1. The first-order valence-corrected chi connectivity index (χ1v) is 12.3. The van der Waals surface area contributed by atoms with Crippen LogP contribution in [0.4, 0.5) is 0 Å². The van der Waals surface area contributed by atoms with Gasteiger partial charge in [0.25, 0.3) is 0 Å². The fraction of sp³-hybridized carbons (Fsp3) is 0. The molecule has 2 heterocycles. The monoisotopic (exact) mass is 520 g/mol. The Balaban J connectivity index is 1.75. The molecule has 0 saturated carbocycles. The minimum atomic E-state index is 0.704. The molecule has 0 unspecified atom stereocenters. The Bertz CT molecular complexity index is 1860. The second-order valence-corrected chi connectivity index (χ2v) is 9.88. The number of halogens is 2. The first-order valence-electron chi connectivity index (χ1n) is 11.2. The third-order valence-electron chi connectivity index (χ3n) is 6.59. The van der Waals surface area contributed by atoms with E-state index in [0.29, 0.717) is 5.02 Å². The van der Waals surface area contributed by atoms with Gasteiger partial charge in [0.2, 0.25) is 0 Å². The highest BCUT2D eigenvalue weighted by Gasteiger charge is 2.20. The second kappa shape index (κ2) is 7.49. The zero-order chi connectivity index (χ0) is 22.8. The molecule has 162 valence electrons. The van der Waals surface area contributed by atoms with Crippen LogP contribution >= 0.6 is 27.5 Å². The van der Waals surface area contributed by atoms with Crippen molar-refractivity contribution >= 4 is 71.1 Å². The number of fused-ring (bicyclic) bond motifs is 7. The lowest BCUT2D eigenvalue weighted by Gasteiger charge is -2.10. The highest BCUT2D eigenvalue weighted by Crippen LogP contribution is 2.42. The lowest BCUT2D eigenvalue weighted by molar-refractivity contribution is 1.17. The Labute approximate surface area is 209 Å². The van der Waals surface area contributed by atoms with Gasteiger partial charge in [-0.25, -0.2) is 0 Å².